The van der Waals surface area contributed by atoms with Crippen LogP contribution >= 0.6 is 0 Å². The topological polar surface area (TPSA) is 82.4 Å². The Balaban J connectivity index is 0. The molecule has 0 unspecified atom stereocenters. The van der Waals surface area contributed by atoms with Gasteiger partial charge in [-0.3, -0.25) is 0 Å². The lowest BCUT2D eigenvalue weighted by Crippen LogP contribution is -2.57. The minimum atomic E-state index is -6.72. The summed E-state index contributed by atoms with van der Waals surface area (Å²) in [5, 5.41) is 0. The number of rotatable bonds is 8. The highest BCUT2D eigenvalue weighted by molar-refractivity contribution is 8.13. The van der Waals surface area contributed by atoms with Crippen molar-refractivity contribution in [2.45, 2.75) is 50.8 Å². The monoisotopic (exact) mass is 462 g/mol. The molecule has 0 aromatic rings. The molecule has 0 bridgehead atoms. The molecule has 0 aliphatic carbocycles. The van der Waals surface area contributed by atoms with Crippen LogP contribution in [-0.4, -0.2) is 57.5 Å². The highest BCUT2D eigenvalue weighted by atomic mass is 32.3. The number of halogens is 6. The van der Waals surface area contributed by atoms with Crippen LogP contribution in [0.2, 0.25) is 0 Å². The number of quaternary nitrogens is 1. The van der Waals surface area contributed by atoms with E-state index in [0.717, 1.165) is 21.7 Å². The van der Waals surface area contributed by atoms with Gasteiger partial charge in [0.15, 0.2) is 20.0 Å². The Morgan fingerprint density at radius 2 is 1.04 bits per heavy atom. The second-order valence-corrected chi connectivity index (χ2v) is 9.57. The molecule has 0 heterocycles. The third-order valence-electron chi connectivity index (χ3n) is 3.78. The lowest BCUT2D eigenvalue weighted by molar-refractivity contribution is -0.956. The predicted octanol–water partition coefficient (Wildman–Crippen LogP) is 4.05. The molecule has 168 valence electrons. The van der Waals surface area contributed by atoms with E-state index < -0.39 is 31.1 Å². The lowest BCUT2D eigenvalue weighted by Gasteiger charge is -2.44. The first-order valence-corrected chi connectivity index (χ1v) is 10.5. The van der Waals surface area contributed by atoms with Crippen molar-refractivity contribution in [2.24, 2.45) is 0 Å². The van der Waals surface area contributed by atoms with Gasteiger partial charge >= 0.3 is 11.0 Å². The van der Waals surface area contributed by atoms with E-state index in [2.05, 4.69) is 40.9 Å². The molecule has 0 fully saturated rings. The van der Waals surface area contributed by atoms with E-state index in [9.17, 15) is 43.2 Å². The van der Waals surface area contributed by atoms with E-state index in [-0.39, 0.29) is 0 Å². The van der Waals surface area contributed by atoms with Crippen molar-refractivity contribution in [1.29, 1.82) is 0 Å². The average Bonchev–Trinajstić information content (AvgIpc) is 2.43. The Morgan fingerprint density at radius 3 is 1.18 bits per heavy atom. The van der Waals surface area contributed by atoms with Gasteiger partial charge in [-0.2, -0.15) is 26.3 Å². The van der Waals surface area contributed by atoms with E-state index in [1.54, 1.807) is 0 Å². The third kappa shape index (κ3) is 7.72. The van der Waals surface area contributed by atoms with Crippen molar-refractivity contribution in [1.82, 2.24) is 0 Å². The minimum Gasteiger partial charge on any atom is -0.421 e. The summed E-state index contributed by atoms with van der Waals surface area (Å²) in [4.78, 5) is 0. The molecule has 0 aromatic heterocycles. The fourth-order valence-corrected chi connectivity index (χ4v) is 3.92. The fraction of sp³-hybridized carbons (Fsp3) is 0.714. The van der Waals surface area contributed by atoms with Gasteiger partial charge in [0, 0.05) is 0 Å². The Bertz CT molecular complexity index is 664. The summed E-state index contributed by atoms with van der Waals surface area (Å²) < 4.78 is 110. The molecule has 0 aliphatic heterocycles. The van der Waals surface area contributed by atoms with Crippen LogP contribution in [0, 0.1) is 0 Å². The number of nitrogens with zero attached hydrogens (tertiary/aromatic N) is 2. The largest absolute Gasteiger partial charge is 0.480 e. The molecule has 6 nitrogen and oxygen atoms in total. The van der Waals surface area contributed by atoms with Gasteiger partial charge in [-0.05, 0) is 39.8 Å². The zero-order valence-electron chi connectivity index (χ0n) is 15.7. The van der Waals surface area contributed by atoms with Crippen LogP contribution in [0.25, 0.3) is 4.13 Å². The Morgan fingerprint density at radius 1 is 0.786 bits per heavy atom. The first kappa shape index (κ1) is 29.1. The van der Waals surface area contributed by atoms with Crippen LogP contribution < -0.4 is 0 Å². The second-order valence-electron chi connectivity index (χ2n) is 6.15. The maximum atomic E-state index is 11.4. The van der Waals surface area contributed by atoms with Crippen molar-refractivity contribution in [3.8, 4) is 0 Å². The number of hydrogen-bond donors (Lipinski definition) is 0. The van der Waals surface area contributed by atoms with Crippen LogP contribution in [-0.2, 0) is 20.0 Å². The van der Waals surface area contributed by atoms with Gasteiger partial charge in [0.1, 0.15) is 0 Å². The molecular weight excluding hydrogens is 438 g/mol. The summed E-state index contributed by atoms with van der Waals surface area (Å²) >= 11 is 0. The molecule has 0 radical (unpaired) electrons. The Kier molecular flexibility index (Phi) is 10.5. The molecule has 14 heteroatoms. The maximum Gasteiger partial charge on any atom is 0.480 e. The highest BCUT2D eigenvalue weighted by Crippen LogP contribution is 2.36. The zero-order chi connectivity index (χ0) is 23.2. The molecule has 0 saturated heterocycles. The van der Waals surface area contributed by atoms with Gasteiger partial charge in [0.25, 0.3) is 0 Å². The van der Waals surface area contributed by atoms with E-state index in [1.165, 1.54) is 0 Å². The predicted molar refractivity (Wildman–Crippen MR) is 94.0 cm³/mol. The van der Waals surface area contributed by atoms with E-state index in [4.69, 9.17) is 0 Å². The molecule has 0 aromatic carbocycles. The zero-order valence-corrected chi connectivity index (χ0v) is 17.4. The highest BCUT2D eigenvalue weighted by Gasteiger charge is 2.46. The normalized spacial score (nSPS) is 13.9. The van der Waals surface area contributed by atoms with Crippen molar-refractivity contribution in [3.05, 3.63) is 29.4 Å². The molecule has 0 atom stereocenters. The van der Waals surface area contributed by atoms with Crippen molar-refractivity contribution in [3.63, 3.8) is 0 Å². The van der Waals surface area contributed by atoms with Gasteiger partial charge in [-0.1, -0.05) is 13.2 Å². The number of hydrogen-bond acceptors (Lipinski definition) is 4. The van der Waals surface area contributed by atoms with Crippen LogP contribution in [0.3, 0.4) is 0 Å². The summed E-state index contributed by atoms with van der Waals surface area (Å²) in [6.45, 7) is 18.8. The third-order valence-corrected chi connectivity index (χ3v) is 6.52. The van der Waals surface area contributed by atoms with E-state index in [0.29, 0.717) is 12.1 Å². The Labute approximate surface area is 161 Å². The first-order valence-electron chi connectivity index (χ1n) is 7.67. The Hall–Kier alpha value is -1.12. The summed E-state index contributed by atoms with van der Waals surface area (Å²) in [6.07, 6.45) is 4.03. The molecule has 28 heavy (non-hydrogen) atoms. The molecule has 0 N–H and O–H groups in total. The van der Waals surface area contributed by atoms with E-state index in [1.807, 2.05) is 12.2 Å². The standard InChI is InChI=1S/C12H24N.C2F6NO4S2/c1-7-9-13(10-8-2,11(3)4)12(5)6;3-1(4,5)14(10,11)9-15(12,13)2(6,7)8/h7-8,11-12H,1-2,9-10H2,3-6H3;/q+1;-1. The van der Waals surface area contributed by atoms with Crippen molar-refractivity contribution in [2.75, 3.05) is 13.1 Å². The summed E-state index contributed by atoms with van der Waals surface area (Å²) in [5.41, 5.74) is -12.4. The van der Waals surface area contributed by atoms with Gasteiger partial charge in [-0.15, -0.1) is 0 Å². The lowest BCUT2D eigenvalue weighted by atomic mass is 10.1. The molecule has 0 spiro atoms. The van der Waals surface area contributed by atoms with E-state index >= 15 is 0 Å². The van der Waals surface area contributed by atoms with Crippen LogP contribution in [0.4, 0.5) is 26.3 Å². The van der Waals surface area contributed by atoms with Crippen molar-refractivity contribution < 1.29 is 47.7 Å². The first-order chi connectivity index (χ1) is 12.2. The van der Waals surface area contributed by atoms with Gasteiger partial charge in [0.2, 0.25) is 0 Å². The minimum absolute atomic E-state index is 0.621. The van der Waals surface area contributed by atoms with Crippen LogP contribution in [0.1, 0.15) is 27.7 Å². The molecule has 0 amide bonds. The maximum absolute atomic E-state index is 11.4. The number of sulfonamides is 2. The van der Waals surface area contributed by atoms with Gasteiger partial charge in [0.05, 0.1) is 25.2 Å². The van der Waals surface area contributed by atoms with Crippen LogP contribution in [0.5, 0.6) is 0 Å². The average molecular weight is 462 g/mol. The summed E-state index contributed by atoms with van der Waals surface area (Å²) in [6, 6.07) is 1.24. The molecular formula is C14H24F6N2O4S2. The fourth-order valence-electron chi connectivity index (χ4n) is 2.21. The summed E-state index contributed by atoms with van der Waals surface area (Å²) in [7, 11) is -13.4. The smallest absolute Gasteiger partial charge is 0.421 e. The summed E-state index contributed by atoms with van der Waals surface area (Å²) in [5.74, 6) is 0. The molecule has 0 aliphatic rings. The quantitative estimate of drug-likeness (QED) is 0.310. The SMILES string of the molecule is C=CC[N+](CC=C)(C(C)C)C(C)C.O=S(=O)([N-]S(=O)(=O)C(F)(F)F)C(F)(F)F. The number of alkyl halides is 6. The van der Waals surface area contributed by atoms with Crippen molar-refractivity contribution >= 4 is 20.0 Å². The van der Waals surface area contributed by atoms with Gasteiger partial charge in [-0.25, -0.2) is 16.8 Å². The molecule has 0 saturated carbocycles. The van der Waals surface area contributed by atoms with Gasteiger partial charge < -0.3 is 8.61 Å². The van der Waals surface area contributed by atoms with Crippen LogP contribution in [0.15, 0.2) is 25.3 Å². The second kappa shape index (κ2) is 10.1. The molecule has 0 rings (SSSR count).